The molecule has 1 saturated carbocycles. The second-order valence-electron chi connectivity index (χ2n) is 11.1. The molecule has 254 valence electrons. The molecule has 3 heterocycles. The van der Waals surface area contributed by atoms with E-state index in [1.165, 1.54) is 17.6 Å². The number of aromatic hydroxyl groups is 1. The first-order chi connectivity index (χ1) is 19.4. The topological polar surface area (TPSA) is 155 Å². The molecule has 0 aromatic carbocycles. The van der Waals surface area contributed by atoms with Crippen molar-refractivity contribution in [2.45, 2.75) is 85.7 Å². The number of carbonyl (C=O) groups is 1. The number of ketones is 1. The van der Waals surface area contributed by atoms with Crippen molar-refractivity contribution < 1.29 is 84.6 Å². The zero-order chi connectivity index (χ0) is 31.8. The van der Waals surface area contributed by atoms with Crippen molar-refractivity contribution in [3.63, 3.8) is 0 Å². The second kappa shape index (κ2) is 22.5. The number of nitrogens with one attached hydrogen (secondary N) is 2. The van der Waals surface area contributed by atoms with Gasteiger partial charge in [0.15, 0.2) is 5.78 Å². The van der Waals surface area contributed by atoms with Gasteiger partial charge in [-0.25, -0.2) is 0 Å². The van der Waals surface area contributed by atoms with E-state index in [4.69, 9.17) is 9.84 Å². The molecule has 0 spiro atoms. The van der Waals surface area contributed by atoms with Crippen LogP contribution in [0.5, 0.6) is 11.8 Å². The first-order valence-electron chi connectivity index (χ1n) is 13.4. The summed E-state index contributed by atoms with van der Waals surface area (Å²) in [6.45, 7) is 12.5. The van der Waals surface area contributed by atoms with Crippen molar-refractivity contribution >= 4 is 50.3 Å². The Bertz CT molecular complexity index is 1500. The Labute approximate surface area is 337 Å². The molecule has 2 aromatic rings. The molecule has 2 radical (unpaired) electrons. The minimum atomic E-state index is -3.22. The summed E-state index contributed by atoms with van der Waals surface area (Å²) in [7, 11) is 0. The van der Waals surface area contributed by atoms with E-state index in [0.29, 0.717) is 29.1 Å². The Kier molecular flexibility index (Phi) is 24.6. The van der Waals surface area contributed by atoms with Gasteiger partial charge < -0.3 is 54.2 Å². The molecule has 10 nitrogen and oxygen atoms in total. The van der Waals surface area contributed by atoms with Crippen molar-refractivity contribution in [3.05, 3.63) is 76.6 Å². The van der Waals surface area contributed by atoms with E-state index in [1.54, 1.807) is 0 Å². The van der Waals surface area contributed by atoms with Gasteiger partial charge in [0.2, 0.25) is 0 Å². The van der Waals surface area contributed by atoms with E-state index in [9.17, 15) is 18.9 Å². The van der Waals surface area contributed by atoms with Crippen LogP contribution in [-0.2, 0) is 74.8 Å². The van der Waals surface area contributed by atoms with Crippen LogP contribution in [0.4, 0.5) is 0 Å². The molecule has 3 aliphatic rings. The molecule has 0 bridgehead atoms. The molecule has 2 atom stereocenters. The molecule has 1 fully saturated rings. The summed E-state index contributed by atoms with van der Waals surface area (Å²) in [5.41, 5.74) is 4.40. The van der Waals surface area contributed by atoms with Crippen LogP contribution in [0.1, 0.15) is 85.6 Å². The van der Waals surface area contributed by atoms with Crippen LogP contribution in [0.25, 0.3) is 5.57 Å². The minimum Gasteiger partial charge on any atom is -0.550 e. The Balaban J connectivity index is -0.000000575. The number of nitrogens with zero attached hydrogens (tertiary/aromatic N) is 2. The van der Waals surface area contributed by atoms with Crippen molar-refractivity contribution in [1.29, 1.82) is 0 Å². The zero-order valence-electron chi connectivity index (χ0n) is 27.6. The van der Waals surface area contributed by atoms with Gasteiger partial charge in [-0.15, -0.1) is 0 Å². The minimum absolute atomic E-state index is 0. The molecule has 2 aliphatic carbocycles. The van der Waals surface area contributed by atoms with Crippen LogP contribution in [0.2, 0.25) is 0 Å². The number of fused-ring (bicyclic) bond motifs is 2. The predicted octanol–water partition coefficient (Wildman–Crippen LogP) is 8.01. The van der Waals surface area contributed by atoms with E-state index in [0.717, 1.165) is 49.3 Å². The fourth-order valence-electron chi connectivity index (χ4n) is 4.95. The van der Waals surface area contributed by atoms with Gasteiger partial charge in [0.05, 0.1) is 0 Å². The van der Waals surface area contributed by atoms with Crippen LogP contribution in [0.15, 0.2) is 32.4 Å². The number of aromatic amines is 2. The third-order valence-corrected chi connectivity index (χ3v) is 6.92. The molecular formula is C30H42Cl3N4O6PY2-4. The van der Waals surface area contributed by atoms with Crippen molar-refractivity contribution in [2.24, 2.45) is 11.8 Å². The SMILES string of the molecule is CC(C)=C1CCC(C)CC1=O.CC1CCC2=C(C1)c1c(n[c-][nH]c1=O)OC2(C)C.O=P(Cl)(Cl)Cl.O=c1cc(O)n[c-][nH]1.[CH3-].[CH3-].[Y].[Y]. The van der Waals surface area contributed by atoms with E-state index in [1.807, 2.05) is 27.7 Å². The zero-order valence-corrected chi connectivity index (χ0v) is 36.4. The van der Waals surface area contributed by atoms with Crippen LogP contribution in [0, 0.1) is 39.3 Å². The monoisotopic (exact) mass is 868 g/mol. The van der Waals surface area contributed by atoms with Gasteiger partial charge in [0.1, 0.15) is 28.5 Å². The summed E-state index contributed by atoms with van der Waals surface area (Å²) in [6, 6.07) is 0.969. The van der Waals surface area contributed by atoms with E-state index in [2.05, 4.69) is 80.2 Å². The molecule has 3 N–H and O–H groups in total. The van der Waals surface area contributed by atoms with Crippen molar-refractivity contribution in [2.75, 3.05) is 0 Å². The van der Waals surface area contributed by atoms with Crippen LogP contribution < -0.4 is 15.9 Å². The molecule has 5 rings (SSSR count). The first kappa shape index (κ1) is 50.2. The maximum Gasteiger partial charge on any atom is 0.339 e. The molecular weight excluding hydrogens is 827 g/mol. The molecule has 2 unspecified atom stereocenters. The molecule has 2 aromatic heterocycles. The van der Waals surface area contributed by atoms with Crippen LogP contribution in [0.3, 0.4) is 0 Å². The van der Waals surface area contributed by atoms with Crippen LogP contribution >= 0.6 is 38.9 Å². The first-order valence-corrected chi connectivity index (χ1v) is 17.8. The number of H-pyrrole nitrogens is 2. The van der Waals surface area contributed by atoms with E-state index in [-0.39, 0.29) is 97.3 Å². The predicted molar refractivity (Wildman–Crippen MR) is 178 cm³/mol. The number of rotatable bonds is 0. The summed E-state index contributed by atoms with van der Waals surface area (Å²) >= 11 is 13.8. The summed E-state index contributed by atoms with van der Waals surface area (Å²) < 4.78 is 15.4. The van der Waals surface area contributed by atoms with Gasteiger partial charge in [-0.2, -0.15) is 0 Å². The normalized spacial score (nSPS) is 18.8. The van der Waals surface area contributed by atoms with Gasteiger partial charge in [-0.1, -0.05) is 25.0 Å². The van der Waals surface area contributed by atoms with Gasteiger partial charge in [-0.3, -0.25) is 9.36 Å². The van der Waals surface area contributed by atoms with E-state index < -0.39 is 10.8 Å². The number of allylic oxidation sites excluding steroid dienone is 3. The van der Waals surface area contributed by atoms with Gasteiger partial charge in [0.25, 0.3) is 0 Å². The Morgan fingerprint density at radius 1 is 0.978 bits per heavy atom. The number of halogens is 3. The average Bonchev–Trinajstić information content (AvgIpc) is 2.83. The van der Waals surface area contributed by atoms with Gasteiger partial charge in [0, 0.05) is 84.5 Å². The average molecular weight is 870 g/mol. The number of Topliss-reactive ketones (excluding diaryl/α,β-unsaturated/α-hetero) is 1. The third kappa shape index (κ3) is 17.0. The fraction of sp³-hybridized carbons (Fsp3) is 0.500. The van der Waals surface area contributed by atoms with E-state index >= 15 is 0 Å². The number of carbonyl (C=O) groups excluding carboxylic acids is 1. The fourth-order valence-corrected chi connectivity index (χ4v) is 4.95. The largest absolute Gasteiger partial charge is 0.550 e. The number of ether oxygens (including phenoxy) is 1. The summed E-state index contributed by atoms with van der Waals surface area (Å²) in [5, 5.41) is 5.23. The maximum atomic E-state index is 12.0. The third-order valence-electron chi connectivity index (χ3n) is 6.92. The molecule has 16 heteroatoms. The van der Waals surface area contributed by atoms with Crippen LogP contribution in [-0.4, -0.2) is 36.4 Å². The Morgan fingerprint density at radius 2 is 1.50 bits per heavy atom. The molecule has 1 aliphatic heterocycles. The Hall–Kier alpha value is -0.182. The van der Waals surface area contributed by atoms with Gasteiger partial charge in [-0.05, 0) is 128 Å². The maximum absolute atomic E-state index is 12.0. The number of aromatic nitrogens is 4. The molecule has 46 heavy (non-hydrogen) atoms. The van der Waals surface area contributed by atoms with Gasteiger partial charge >= 0.3 is 5.20 Å². The molecule has 0 saturated heterocycles. The smallest absolute Gasteiger partial charge is 0.339 e. The van der Waals surface area contributed by atoms with Crippen molar-refractivity contribution in [3.8, 4) is 11.8 Å². The quantitative estimate of drug-likeness (QED) is 0.137. The van der Waals surface area contributed by atoms with Crippen molar-refractivity contribution in [1.82, 2.24) is 19.9 Å². The standard InChI is InChI=1S/C14H17N2O2.C10H16O.C4H3N2O2.2CH3.Cl3OP.2Y/c1-8-4-5-10-9(6-8)11-12(17)15-7-16-13(11)18-14(10,2)3;1-7(2)9-5-4-8(3)6-10(9)11;7-3-1-4(8)6-2-5-3;;;1-5(2,3)4;;/h8H,4-6H2,1-3H3,(H,15,16,17);8H,4-6H2,1-3H3;1H,(H2,5,6,7,8);2*1H3;;;/q-1;;3*-1;;;. The molecule has 0 amide bonds. The number of hydrogen-bond acceptors (Lipinski definition) is 8. The summed E-state index contributed by atoms with van der Waals surface area (Å²) in [6.07, 6.45) is 10.6. The summed E-state index contributed by atoms with van der Waals surface area (Å²) in [5.74, 6) is 1.70. The number of hydrogen-bond donors (Lipinski definition) is 3. The second-order valence-corrected chi connectivity index (χ2v) is 17.8. The summed E-state index contributed by atoms with van der Waals surface area (Å²) in [4.78, 5) is 45.5. The Morgan fingerprint density at radius 3 is 1.98 bits per heavy atom.